The summed E-state index contributed by atoms with van der Waals surface area (Å²) in [7, 11) is 0. The highest BCUT2D eigenvalue weighted by Crippen LogP contribution is 2.22. The predicted octanol–water partition coefficient (Wildman–Crippen LogP) is 4.00. The zero-order valence-corrected chi connectivity index (χ0v) is 13.1. The van der Waals surface area contributed by atoms with Gasteiger partial charge in [0, 0.05) is 0 Å². The Bertz CT molecular complexity index is 567. The smallest absolute Gasteiger partial charge is 0.304 e. The molecule has 112 valence electrons. The quantitative estimate of drug-likeness (QED) is 0.635. The largest absolute Gasteiger partial charge is 0.489 e. The van der Waals surface area contributed by atoms with E-state index in [0.29, 0.717) is 6.61 Å². The van der Waals surface area contributed by atoms with Crippen molar-refractivity contribution in [3.63, 3.8) is 0 Å². The van der Waals surface area contributed by atoms with Gasteiger partial charge in [-0.3, -0.25) is 4.79 Å². The molecule has 0 aliphatic carbocycles. The lowest BCUT2D eigenvalue weighted by atomic mass is 9.96. The lowest BCUT2D eigenvalue weighted by Crippen LogP contribution is -2.05. The fourth-order valence-electron chi connectivity index (χ4n) is 1.73. The third kappa shape index (κ3) is 5.74. The van der Waals surface area contributed by atoms with Gasteiger partial charge in [-0.25, -0.2) is 0 Å². The minimum Gasteiger partial charge on any atom is -0.489 e. The Hall–Kier alpha value is -2.21. The van der Waals surface area contributed by atoms with Gasteiger partial charge in [-0.15, -0.1) is 5.92 Å². The summed E-state index contributed by atoms with van der Waals surface area (Å²) in [6, 6.07) is 7.48. The van der Waals surface area contributed by atoms with Crippen LogP contribution in [0.1, 0.15) is 45.6 Å². The first kappa shape index (κ1) is 16.8. The molecule has 0 bridgehead atoms. The van der Waals surface area contributed by atoms with Crippen LogP contribution in [0, 0.1) is 11.8 Å². The van der Waals surface area contributed by atoms with Crippen molar-refractivity contribution in [2.75, 3.05) is 6.61 Å². The van der Waals surface area contributed by atoms with E-state index in [1.165, 1.54) is 11.1 Å². The van der Waals surface area contributed by atoms with Crippen LogP contribution in [0.25, 0.3) is 0 Å². The molecule has 1 aromatic carbocycles. The second kappa shape index (κ2) is 8.16. The molecule has 0 spiro atoms. The fraction of sp³-hybridized carbons (Fsp3) is 0.389. The Morgan fingerprint density at radius 1 is 1.24 bits per heavy atom. The summed E-state index contributed by atoms with van der Waals surface area (Å²) in [5.74, 6) is 5.38. The standard InChI is InChI=1S/C18H22O3/c1-5-6-16(11-18(19)20)15-7-9-17(10-8-15)21-12-14(4)13(2)3/h7-10,16H,11-12H2,1-4H3,(H,19,20). The summed E-state index contributed by atoms with van der Waals surface area (Å²) < 4.78 is 5.69. The molecule has 0 aromatic heterocycles. The van der Waals surface area contributed by atoms with E-state index in [0.717, 1.165) is 11.3 Å². The third-order valence-corrected chi connectivity index (χ3v) is 3.29. The molecule has 3 nitrogen and oxygen atoms in total. The first-order valence-electron chi connectivity index (χ1n) is 6.93. The molecule has 0 fully saturated rings. The molecule has 0 saturated carbocycles. The van der Waals surface area contributed by atoms with Crippen LogP contribution in [-0.4, -0.2) is 17.7 Å². The summed E-state index contributed by atoms with van der Waals surface area (Å²) in [5.41, 5.74) is 3.36. The maximum Gasteiger partial charge on any atom is 0.304 e. The number of rotatable bonds is 6. The molecule has 0 amide bonds. The maximum atomic E-state index is 10.9. The Morgan fingerprint density at radius 2 is 1.86 bits per heavy atom. The van der Waals surface area contributed by atoms with Gasteiger partial charge < -0.3 is 9.84 Å². The summed E-state index contributed by atoms with van der Waals surface area (Å²) in [6.45, 7) is 8.44. The Kier molecular flexibility index (Phi) is 6.55. The van der Waals surface area contributed by atoms with E-state index in [-0.39, 0.29) is 12.3 Å². The van der Waals surface area contributed by atoms with Crippen LogP contribution in [0.2, 0.25) is 0 Å². The first-order valence-corrected chi connectivity index (χ1v) is 6.93. The van der Waals surface area contributed by atoms with Crippen molar-refractivity contribution in [1.82, 2.24) is 0 Å². The predicted molar refractivity (Wildman–Crippen MR) is 84.4 cm³/mol. The van der Waals surface area contributed by atoms with Gasteiger partial charge in [0.1, 0.15) is 12.4 Å². The molecule has 3 heteroatoms. The molecule has 0 heterocycles. The zero-order valence-electron chi connectivity index (χ0n) is 13.1. The molecule has 0 saturated heterocycles. The van der Waals surface area contributed by atoms with Crippen molar-refractivity contribution < 1.29 is 14.6 Å². The maximum absolute atomic E-state index is 10.9. The summed E-state index contributed by atoms with van der Waals surface area (Å²) in [5, 5.41) is 8.93. The highest BCUT2D eigenvalue weighted by molar-refractivity contribution is 5.69. The van der Waals surface area contributed by atoms with E-state index in [1.54, 1.807) is 6.92 Å². The van der Waals surface area contributed by atoms with Crippen molar-refractivity contribution in [3.8, 4) is 17.6 Å². The number of hydrogen-bond acceptors (Lipinski definition) is 2. The van der Waals surface area contributed by atoms with E-state index in [9.17, 15) is 4.79 Å². The van der Waals surface area contributed by atoms with Crippen molar-refractivity contribution in [2.24, 2.45) is 0 Å². The minimum atomic E-state index is -0.845. The van der Waals surface area contributed by atoms with Crippen molar-refractivity contribution in [3.05, 3.63) is 41.0 Å². The van der Waals surface area contributed by atoms with E-state index < -0.39 is 5.97 Å². The third-order valence-electron chi connectivity index (χ3n) is 3.29. The number of carboxylic acids is 1. The van der Waals surface area contributed by atoms with E-state index >= 15 is 0 Å². The van der Waals surface area contributed by atoms with Crippen LogP contribution in [0.5, 0.6) is 5.75 Å². The van der Waals surface area contributed by atoms with Crippen molar-refractivity contribution in [2.45, 2.75) is 40.0 Å². The second-order valence-corrected chi connectivity index (χ2v) is 5.18. The number of aliphatic carboxylic acids is 1. The molecular weight excluding hydrogens is 264 g/mol. The van der Waals surface area contributed by atoms with Gasteiger partial charge in [0.05, 0.1) is 12.3 Å². The number of ether oxygens (including phenoxy) is 1. The molecule has 0 radical (unpaired) electrons. The normalized spacial score (nSPS) is 11.0. The van der Waals surface area contributed by atoms with Gasteiger partial charge in [-0.05, 0) is 51.0 Å². The molecule has 1 atom stereocenters. The van der Waals surface area contributed by atoms with Gasteiger partial charge >= 0.3 is 5.97 Å². The number of allylic oxidation sites excluding steroid dienone is 1. The summed E-state index contributed by atoms with van der Waals surface area (Å²) in [6.07, 6.45) is 0.0118. The summed E-state index contributed by atoms with van der Waals surface area (Å²) in [4.78, 5) is 10.9. The Labute approximate surface area is 126 Å². The van der Waals surface area contributed by atoms with Gasteiger partial charge in [0.25, 0.3) is 0 Å². The Morgan fingerprint density at radius 3 is 2.33 bits per heavy atom. The minimum absolute atomic E-state index is 0.0118. The number of carboxylic acid groups (broad SMARTS) is 1. The lowest BCUT2D eigenvalue weighted by molar-refractivity contribution is -0.137. The van der Waals surface area contributed by atoms with Crippen molar-refractivity contribution >= 4 is 5.97 Å². The number of benzene rings is 1. The molecule has 0 aliphatic rings. The fourth-order valence-corrected chi connectivity index (χ4v) is 1.73. The highest BCUT2D eigenvalue weighted by Gasteiger charge is 2.13. The number of hydrogen-bond donors (Lipinski definition) is 1. The van der Waals surface area contributed by atoms with Crippen molar-refractivity contribution in [1.29, 1.82) is 0 Å². The summed E-state index contributed by atoms with van der Waals surface area (Å²) >= 11 is 0. The molecule has 1 N–H and O–H groups in total. The first-order chi connectivity index (χ1) is 9.93. The molecule has 21 heavy (non-hydrogen) atoms. The lowest BCUT2D eigenvalue weighted by Gasteiger charge is -2.11. The van der Waals surface area contributed by atoms with E-state index in [4.69, 9.17) is 9.84 Å². The van der Waals surface area contributed by atoms with Crippen LogP contribution in [0.3, 0.4) is 0 Å². The molecule has 1 rings (SSSR count). The van der Waals surface area contributed by atoms with Crippen LogP contribution in [0.15, 0.2) is 35.4 Å². The van der Waals surface area contributed by atoms with E-state index in [1.807, 2.05) is 31.2 Å². The van der Waals surface area contributed by atoms with Crippen LogP contribution < -0.4 is 4.74 Å². The second-order valence-electron chi connectivity index (χ2n) is 5.18. The average molecular weight is 286 g/mol. The SMILES string of the molecule is CC#CC(CC(=O)O)c1ccc(OCC(C)=C(C)C)cc1. The van der Waals surface area contributed by atoms with Gasteiger partial charge in [0.2, 0.25) is 0 Å². The van der Waals surface area contributed by atoms with Gasteiger partial charge in [-0.1, -0.05) is 23.6 Å². The molecule has 0 aliphatic heterocycles. The van der Waals surface area contributed by atoms with Crippen LogP contribution >= 0.6 is 0 Å². The molecular formula is C18H22O3. The van der Waals surface area contributed by atoms with E-state index in [2.05, 4.69) is 25.7 Å². The molecule has 1 aromatic rings. The van der Waals surface area contributed by atoms with Crippen LogP contribution in [0.4, 0.5) is 0 Å². The molecule has 1 unspecified atom stereocenters. The number of carbonyl (C=O) groups is 1. The average Bonchev–Trinajstić information content (AvgIpc) is 2.44. The highest BCUT2D eigenvalue weighted by atomic mass is 16.5. The van der Waals surface area contributed by atoms with Gasteiger partial charge in [0.15, 0.2) is 0 Å². The zero-order chi connectivity index (χ0) is 15.8. The topological polar surface area (TPSA) is 46.5 Å². The van der Waals surface area contributed by atoms with Crippen LogP contribution in [-0.2, 0) is 4.79 Å². The van der Waals surface area contributed by atoms with Gasteiger partial charge in [-0.2, -0.15) is 0 Å². The monoisotopic (exact) mass is 286 g/mol. The Balaban J connectivity index is 2.77.